The van der Waals surface area contributed by atoms with Gasteiger partial charge in [0.25, 0.3) is 0 Å². The van der Waals surface area contributed by atoms with E-state index < -0.39 is 0 Å². The maximum absolute atomic E-state index is 6.13. The van der Waals surface area contributed by atoms with Gasteiger partial charge in [-0.3, -0.25) is 0 Å². The van der Waals surface area contributed by atoms with Crippen molar-refractivity contribution in [3.05, 3.63) is 23.8 Å². The van der Waals surface area contributed by atoms with E-state index in [1.807, 2.05) is 0 Å². The summed E-state index contributed by atoms with van der Waals surface area (Å²) in [7, 11) is -0.289. The molecule has 0 bridgehead atoms. The van der Waals surface area contributed by atoms with Gasteiger partial charge in [-0.2, -0.15) is 0 Å². The Morgan fingerprint density at radius 2 is 1.59 bits per heavy atom. The topological polar surface area (TPSA) is 30.9 Å². The van der Waals surface area contributed by atoms with E-state index in [2.05, 4.69) is 57.7 Å². The number of hydrogen-bond donors (Lipinski definition) is 0. The Morgan fingerprint density at radius 1 is 1.00 bits per heavy atom. The summed E-state index contributed by atoms with van der Waals surface area (Å²) in [5.41, 5.74) is 3.04. The molecule has 2 heterocycles. The van der Waals surface area contributed by atoms with E-state index in [4.69, 9.17) is 14.0 Å². The first-order valence-corrected chi connectivity index (χ1v) is 8.09. The quantitative estimate of drug-likeness (QED) is 0.783. The molecule has 0 radical (unpaired) electrons. The standard InChI is InChI=1S/C17H26BNO3/c1-13-12-14(18-21-16(2,3)17(4,5)22-18)6-7-15(13)19-8-10-20-11-9-19/h6-7,12H,8-11H2,1-5H3. The molecule has 120 valence electrons. The minimum Gasteiger partial charge on any atom is -0.399 e. The van der Waals surface area contributed by atoms with Crippen LogP contribution < -0.4 is 10.4 Å². The summed E-state index contributed by atoms with van der Waals surface area (Å²) in [5, 5.41) is 0. The molecule has 22 heavy (non-hydrogen) atoms. The van der Waals surface area contributed by atoms with Gasteiger partial charge in [-0.1, -0.05) is 12.1 Å². The number of rotatable bonds is 2. The fourth-order valence-corrected chi connectivity index (χ4v) is 2.96. The molecule has 5 heteroatoms. The van der Waals surface area contributed by atoms with Gasteiger partial charge >= 0.3 is 7.12 Å². The van der Waals surface area contributed by atoms with Gasteiger partial charge in [-0.25, -0.2) is 0 Å². The summed E-state index contributed by atoms with van der Waals surface area (Å²) in [6, 6.07) is 6.49. The average Bonchev–Trinajstić information content (AvgIpc) is 2.68. The van der Waals surface area contributed by atoms with Crippen LogP contribution in [0.3, 0.4) is 0 Å². The molecule has 0 atom stereocenters. The predicted molar refractivity (Wildman–Crippen MR) is 89.9 cm³/mol. The van der Waals surface area contributed by atoms with Gasteiger partial charge in [-0.05, 0) is 51.7 Å². The highest BCUT2D eigenvalue weighted by molar-refractivity contribution is 6.62. The van der Waals surface area contributed by atoms with Crippen LogP contribution in [0.4, 0.5) is 5.69 Å². The van der Waals surface area contributed by atoms with Crippen LogP contribution in [0.5, 0.6) is 0 Å². The number of nitrogens with zero attached hydrogens (tertiary/aromatic N) is 1. The molecule has 2 fully saturated rings. The Hall–Kier alpha value is -1.04. The predicted octanol–water partition coefficient (Wildman–Crippen LogP) is 2.13. The number of benzene rings is 1. The lowest BCUT2D eigenvalue weighted by Gasteiger charge is -2.32. The SMILES string of the molecule is Cc1cc(B2OC(C)(C)C(C)(C)O2)ccc1N1CCOCC1. The molecule has 0 spiro atoms. The number of aryl methyl sites for hydroxylation is 1. The molecular weight excluding hydrogens is 277 g/mol. The van der Waals surface area contributed by atoms with Crippen molar-refractivity contribution in [1.29, 1.82) is 0 Å². The Morgan fingerprint density at radius 3 is 2.14 bits per heavy atom. The highest BCUT2D eigenvalue weighted by Gasteiger charge is 2.51. The second-order valence-corrected chi connectivity index (χ2v) is 7.23. The third-order valence-corrected chi connectivity index (χ3v) is 5.10. The van der Waals surface area contributed by atoms with Crippen molar-refractivity contribution >= 4 is 18.3 Å². The van der Waals surface area contributed by atoms with Gasteiger partial charge in [-0.15, -0.1) is 0 Å². The number of ether oxygens (including phenoxy) is 1. The lowest BCUT2D eigenvalue weighted by Crippen LogP contribution is -2.41. The van der Waals surface area contributed by atoms with Crippen LogP contribution >= 0.6 is 0 Å². The molecule has 0 saturated carbocycles. The zero-order valence-corrected chi connectivity index (χ0v) is 14.3. The molecule has 0 N–H and O–H groups in total. The van der Waals surface area contributed by atoms with Gasteiger partial charge in [0.2, 0.25) is 0 Å². The number of anilines is 1. The Labute approximate surface area is 133 Å². The zero-order chi connectivity index (χ0) is 16.0. The molecule has 2 aliphatic heterocycles. The second-order valence-electron chi connectivity index (χ2n) is 7.23. The summed E-state index contributed by atoms with van der Waals surface area (Å²) in [4.78, 5) is 2.38. The van der Waals surface area contributed by atoms with Gasteiger partial charge in [0, 0.05) is 18.8 Å². The highest BCUT2D eigenvalue weighted by Crippen LogP contribution is 2.36. The molecule has 1 aromatic carbocycles. The third kappa shape index (κ3) is 2.77. The fourth-order valence-electron chi connectivity index (χ4n) is 2.96. The van der Waals surface area contributed by atoms with Crippen molar-refractivity contribution in [1.82, 2.24) is 0 Å². The van der Waals surface area contributed by atoms with E-state index in [1.165, 1.54) is 11.3 Å². The molecular formula is C17H26BNO3. The van der Waals surface area contributed by atoms with Crippen LogP contribution in [0.1, 0.15) is 33.3 Å². The Balaban J connectivity index is 1.81. The van der Waals surface area contributed by atoms with Gasteiger partial charge < -0.3 is 18.9 Å². The minimum absolute atomic E-state index is 0.289. The van der Waals surface area contributed by atoms with E-state index >= 15 is 0 Å². The fraction of sp³-hybridized carbons (Fsp3) is 0.647. The lowest BCUT2D eigenvalue weighted by atomic mass is 9.78. The third-order valence-electron chi connectivity index (χ3n) is 5.10. The van der Waals surface area contributed by atoms with E-state index in [-0.39, 0.29) is 18.3 Å². The van der Waals surface area contributed by atoms with E-state index in [0.29, 0.717) is 0 Å². The maximum atomic E-state index is 6.13. The Bertz CT molecular complexity index is 537. The number of hydrogen-bond acceptors (Lipinski definition) is 4. The van der Waals surface area contributed by atoms with Crippen molar-refractivity contribution in [2.75, 3.05) is 31.2 Å². The summed E-state index contributed by atoms with van der Waals surface area (Å²) in [6.45, 7) is 14.0. The molecule has 0 amide bonds. The maximum Gasteiger partial charge on any atom is 0.494 e. The summed E-state index contributed by atoms with van der Waals surface area (Å²) in [5.74, 6) is 0. The van der Waals surface area contributed by atoms with Crippen molar-refractivity contribution < 1.29 is 14.0 Å². The van der Waals surface area contributed by atoms with Crippen LogP contribution in [-0.4, -0.2) is 44.6 Å². The molecule has 2 saturated heterocycles. The summed E-state index contributed by atoms with van der Waals surface area (Å²) >= 11 is 0. The first kappa shape index (κ1) is 15.8. The lowest BCUT2D eigenvalue weighted by molar-refractivity contribution is 0.00578. The molecule has 0 aliphatic carbocycles. The molecule has 0 aromatic heterocycles. The van der Waals surface area contributed by atoms with Gasteiger partial charge in [0.1, 0.15) is 0 Å². The van der Waals surface area contributed by atoms with Crippen LogP contribution in [0.2, 0.25) is 0 Å². The van der Waals surface area contributed by atoms with E-state index in [0.717, 1.165) is 31.8 Å². The molecule has 4 nitrogen and oxygen atoms in total. The van der Waals surface area contributed by atoms with Crippen LogP contribution in [0.25, 0.3) is 0 Å². The Kier molecular flexibility index (Phi) is 4.00. The molecule has 3 rings (SSSR count). The average molecular weight is 303 g/mol. The van der Waals surface area contributed by atoms with E-state index in [1.54, 1.807) is 0 Å². The first-order valence-electron chi connectivity index (χ1n) is 8.09. The largest absolute Gasteiger partial charge is 0.494 e. The first-order chi connectivity index (χ1) is 10.3. The van der Waals surface area contributed by atoms with Crippen molar-refractivity contribution in [2.24, 2.45) is 0 Å². The van der Waals surface area contributed by atoms with Gasteiger partial charge in [0.15, 0.2) is 0 Å². The second kappa shape index (κ2) is 5.55. The monoisotopic (exact) mass is 303 g/mol. The highest BCUT2D eigenvalue weighted by atomic mass is 16.7. The number of morpholine rings is 1. The minimum atomic E-state index is -0.297. The summed E-state index contributed by atoms with van der Waals surface area (Å²) < 4.78 is 17.7. The normalized spacial score (nSPS) is 23.9. The van der Waals surface area contributed by atoms with Gasteiger partial charge in [0.05, 0.1) is 24.4 Å². The zero-order valence-electron chi connectivity index (χ0n) is 14.3. The molecule has 0 unspecified atom stereocenters. The van der Waals surface area contributed by atoms with Crippen molar-refractivity contribution in [3.8, 4) is 0 Å². The van der Waals surface area contributed by atoms with Crippen molar-refractivity contribution in [3.63, 3.8) is 0 Å². The smallest absolute Gasteiger partial charge is 0.399 e. The van der Waals surface area contributed by atoms with Crippen LogP contribution in [-0.2, 0) is 14.0 Å². The molecule has 1 aromatic rings. The summed E-state index contributed by atoms with van der Waals surface area (Å²) in [6.07, 6.45) is 0. The van der Waals surface area contributed by atoms with Crippen LogP contribution in [0.15, 0.2) is 18.2 Å². The van der Waals surface area contributed by atoms with E-state index in [9.17, 15) is 0 Å². The molecule has 2 aliphatic rings. The van der Waals surface area contributed by atoms with Crippen LogP contribution in [0, 0.1) is 6.92 Å². The van der Waals surface area contributed by atoms with Crippen molar-refractivity contribution in [2.45, 2.75) is 45.8 Å².